The summed E-state index contributed by atoms with van der Waals surface area (Å²) in [5.41, 5.74) is 0.0144. The quantitative estimate of drug-likeness (QED) is 0.269. The lowest BCUT2D eigenvalue weighted by molar-refractivity contribution is -0.384. The monoisotopic (exact) mass is 411 g/mol. The van der Waals surface area contributed by atoms with Crippen molar-refractivity contribution < 1.29 is 18.5 Å². The van der Waals surface area contributed by atoms with E-state index in [-0.39, 0.29) is 33.4 Å². The van der Waals surface area contributed by atoms with Gasteiger partial charge in [-0.25, -0.2) is 4.39 Å². The van der Waals surface area contributed by atoms with Crippen LogP contribution in [-0.2, 0) is 4.79 Å². The van der Waals surface area contributed by atoms with Crippen LogP contribution in [0.3, 0.4) is 0 Å². The number of benzene rings is 2. The summed E-state index contributed by atoms with van der Waals surface area (Å²) in [6.45, 7) is 0. The van der Waals surface area contributed by atoms with E-state index in [1.54, 1.807) is 6.07 Å². The minimum Gasteiger partial charge on any atom is -0.456 e. The van der Waals surface area contributed by atoms with Gasteiger partial charge >= 0.3 is 0 Å². The van der Waals surface area contributed by atoms with Crippen LogP contribution in [0.2, 0.25) is 5.02 Å². The zero-order valence-electron chi connectivity index (χ0n) is 14.6. The van der Waals surface area contributed by atoms with Gasteiger partial charge < -0.3 is 9.73 Å². The van der Waals surface area contributed by atoms with Gasteiger partial charge in [0.05, 0.1) is 10.5 Å². The fourth-order valence-electron chi connectivity index (χ4n) is 2.46. The molecular formula is C20H11ClFN3O4. The van der Waals surface area contributed by atoms with E-state index in [9.17, 15) is 24.6 Å². The summed E-state index contributed by atoms with van der Waals surface area (Å²) in [7, 11) is 0. The molecule has 7 nitrogen and oxygen atoms in total. The van der Waals surface area contributed by atoms with Gasteiger partial charge in [0.15, 0.2) is 0 Å². The normalized spacial score (nSPS) is 11.0. The number of nitrogens with one attached hydrogen (secondary N) is 1. The van der Waals surface area contributed by atoms with E-state index in [4.69, 9.17) is 16.0 Å². The maximum Gasteiger partial charge on any atom is 0.281 e. The Morgan fingerprint density at radius 1 is 1.21 bits per heavy atom. The summed E-state index contributed by atoms with van der Waals surface area (Å²) >= 11 is 5.81. The highest BCUT2D eigenvalue weighted by Crippen LogP contribution is 2.33. The Bertz CT molecular complexity index is 1160. The van der Waals surface area contributed by atoms with Crippen LogP contribution in [0, 0.1) is 27.3 Å². The average Bonchev–Trinajstić information content (AvgIpc) is 3.16. The van der Waals surface area contributed by atoms with Gasteiger partial charge in [-0.2, -0.15) is 5.26 Å². The fraction of sp³-hybridized carbons (Fsp3) is 0. The van der Waals surface area contributed by atoms with Crippen molar-refractivity contribution in [3.8, 4) is 17.4 Å². The molecule has 0 saturated heterocycles. The molecule has 0 spiro atoms. The summed E-state index contributed by atoms with van der Waals surface area (Å²) in [6, 6.07) is 13.9. The molecule has 2 aromatic carbocycles. The molecule has 0 fully saturated rings. The van der Waals surface area contributed by atoms with Crippen LogP contribution < -0.4 is 5.32 Å². The molecule has 3 rings (SSSR count). The third-order valence-electron chi connectivity index (χ3n) is 3.80. The van der Waals surface area contributed by atoms with Crippen molar-refractivity contribution >= 4 is 35.0 Å². The van der Waals surface area contributed by atoms with Crippen molar-refractivity contribution in [1.82, 2.24) is 0 Å². The van der Waals surface area contributed by atoms with Gasteiger partial charge in [0.25, 0.3) is 11.6 Å². The first kappa shape index (κ1) is 19.8. The van der Waals surface area contributed by atoms with E-state index >= 15 is 0 Å². The maximum atomic E-state index is 12.9. The van der Waals surface area contributed by atoms with Crippen LogP contribution in [0.15, 0.2) is 64.6 Å². The van der Waals surface area contributed by atoms with Gasteiger partial charge in [-0.3, -0.25) is 14.9 Å². The molecule has 0 aliphatic carbocycles. The Hall–Kier alpha value is -3.96. The van der Waals surface area contributed by atoms with Crippen molar-refractivity contribution in [2.45, 2.75) is 0 Å². The van der Waals surface area contributed by atoms with E-state index in [1.165, 1.54) is 60.7 Å². The van der Waals surface area contributed by atoms with E-state index < -0.39 is 16.6 Å². The minimum absolute atomic E-state index is 0.148. The first-order valence-electron chi connectivity index (χ1n) is 8.10. The molecule has 1 N–H and O–H groups in total. The second-order valence-electron chi connectivity index (χ2n) is 5.75. The molecule has 0 aliphatic rings. The Morgan fingerprint density at radius 3 is 2.59 bits per heavy atom. The van der Waals surface area contributed by atoms with Crippen molar-refractivity contribution in [3.05, 3.63) is 86.9 Å². The van der Waals surface area contributed by atoms with Crippen molar-refractivity contribution in [2.75, 3.05) is 5.32 Å². The number of nitrogens with zero attached hydrogens (tertiary/aromatic N) is 2. The zero-order valence-corrected chi connectivity index (χ0v) is 15.3. The lowest BCUT2D eigenvalue weighted by atomic mass is 10.1. The molecule has 0 bridgehead atoms. The van der Waals surface area contributed by atoms with E-state index in [0.29, 0.717) is 5.69 Å². The average molecular weight is 412 g/mol. The van der Waals surface area contributed by atoms with Crippen molar-refractivity contribution in [3.63, 3.8) is 0 Å². The van der Waals surface area contributed by atoms with Gasteiger partial charge in [0, 0.05) is 22.9 Å². The summed E-state index contributed by atoms with van der Waals surface area (Å²) in [6.07, 6.45) is 1.20. The molecule has 1 aromatic heterocycles. The Kier molecular flexibility index (Phi) is 5.71. The molecule has 29 heavy (non-hydrogen) atoms. The van der Waals surface area contributed by atoms with Crippen LogP contribution in [0.25, 0.3) is 17.4 Å². The summed E-state index contributed by atoms with van der Waals surface area (Å²) in [4.78, 5) is 22.9. The van der Waals surface area contributed by atoms with Crippen LogP contribution in [-0.4, -0.2) is 10.8 Å². The minimum atomic E-state index is -0.713. The lowest BCUT2D eigenvalue weighted by Crippen LogP contribution is -2.13. The summed E-state index contributed by atoms with van der Waals surface area (Å²) in [5.74, 6) is -0.848. The Balaban J connectivity index is 1.86. The first-order chi connectivity index (χ1) is 13.9. The fourth-order valence-corrected chi connectivity index (χ4v) is 2.63. The van der Waals surface area contributed by atoms with Crippen molar-refractivity contribution in [2.24, 2.45) is 0 Å². The SMILES string of the molecule is N#C/C(=C\c1ccc(-c2ccc(Cl)cc2[N+](=O)[O-])o1)C(=O)Nc1ccc(F)cc1. The number of furan rings is 1. The molecular weight excluding hydrogens is 401 g/mol. The van der Waals surface area contributed by atoms with E-state index in [0.717, 1.165) is 0 Å². The number of rotatable bonds is 5. The smallest absolute Gasteiger partial charge is 0.281 e. The number of amides is 1. The lowest BCUT2D eigenvalue weighted by Gasteiger charge is -2.03. The Morgan fingerprint density at radius 2 is 1.93 bits per heavy atom. The van der Waals surface area contributed by atoms with Gasteiger partial charge in [-0.15, -0.1) is 0 Å². The second-order valence-corrected chi connectivity index (χ2v) is 6.19. The molecule has 0 saturated carbocycles. The molecule has 0 aliphatic heterocycles. The van der Waals surface area contributed by atoms with Gasteiger partial charge in [-0.05, 0) is 48.5 Å². The number of hydrogen-bond acceptors (Lipinski definition) is 5. The van der Waals surface area contributed by atoms with Crippen molar-refractivity contribution in [1.29, 1.82) is 5.26 Å². The molecule has 0 unspecified atom stereocenters. The van der Waals surface area contributed by atoms with Crippen LogP contribution >= 0.6 is 11.6 Å². The number of nitro benzene ring substituents is 1. The molecule has 1 heterocycles. The topological polar surface area (TPSA) is 109 Å². The number of carbonyl (C=O) groups excluding carboxylic acids is 1. The van der Waals surface area contributed by atoms with Crippen LogP contribution in [0.4, 0.5) is 15.8 Å². The largest absolute Gasteiger partial charge is 0.456 e. The highest BCUT2D eigenvalue weighted by Gasteiger charge is 2.19. The number of carbonyl (C=O) groups is 1. The number of halogens is 2. The third kappa shape index (κ3) is 4.66. The van der Waals surface area contributed by atoms with Gasteiger partial charge in [-0.1, -0.05) is 11.6 Å². The highest BCUT2D eigenvalue weighted by molar-refractivity contribution is 6.30. The number of nitriles is 1. The predicted octanol–water partition coefficient (Wildman–Crippen LogP) is 5.19. The van der Waals surface area contributed by atoms with Crippen LogP contribution in [0.1, 0.15) is 5.76 Å². The summed E-state index contributed by atoms with van der Waals surface area (Å²) < 4.78 is 18.5. The van der Waals surface area contributed by atoms with E-state index in [2.05, 4.69) is 5.32 Å². The standard InChI is InChI=1S/C20H11ClFN3O4/c21-13-1-7-17(18(10-13)25(27)28)19-8-6-16(29-19)9-12(11-23)20(26)24-15-4-2-14(22)3-5-15/h1-10H,(H,24,26)/b12-9+. The molecule has 0 radical (unpaired) electrons. The highest BCUT2D eigenvalue weighted by atomic mass is 35.5. The first-order valence-corrected chi connectivity index (χ1v) is 8.48. The number of nitro groups is 1. The Labute approximate surface area is 168 Å². The van der Waals surface area contributed by atoms with Gasteiger partial charge in [0.2, 0.25) is 0 Å². The number of anilines is 1. The van der Waals surface area contributed by atoms with Crippen LogP contribution in [0.5, 0.6) is 0 Å². The van der Waals surface area contributed by atoms with Gasteiger partial charge in [0.1, 0.15) is 29.0 Å². The maximum absolute atomic E-state index is 12.9. The molecule has 144 valence electrons. The molecule has 0 atom stereocenters. The second kappa shape index (κ2) is 8.37. The third-order valence-corrected chi connectivity index (χ3v) is 4.04. The molecule has 1 amide bonds. The predicted molar refractivity (Wildman–Crippen MR) is 104 cm³/mol. The number of hydrogen-bond donors (Lipinski definition) is 1. The zero-order chi connectivity index (χ0) is 21.0. The molecule has 3 aromatic rings. The van der Waals surface area contributed by atoms with E-state index in [1.807, 2.05) is 0 Å². The summed E-state index contributed by atoms with van der Waals surface area (Å²) in [5, 5.41) is 23.2. The molecule has 9 heteroatoms.